The quantitative estimate of drug-likeness (QED) is 0.764. The number of carbonyl (C=O) groups is 2. The Balaban J connectivity index is 2.01. The molecule has 0 aliphatic carbocycles. The minimum Gasteiger partial charge on any atom is -0.485 e. The van der Waals surface area contributed by atoms with E-state index < -0.39 is 17.9 Å². The lowest BCUT2D eigenvalue weighted by Gasteiger charge is -2.18. The van der Waals surface area contributed by atoms with E-state index in [4.69, 9.17) is 14.0 Å². The minimum absolute atomic E-state index is 0.0825. The number of benzene rings is 1. The molecule has 7 heteroatoms. The van der Waals surface area contributed by atoms with Crippen LogP contribution in [0.15, 0.2) is 28.8 Å². The van der Waals surface area contributed by atoms with E-state index in [1.165, 1.54) is 13.2 Å². The summed E-state index contributed by atoms with van der Waals surface area (Å²) in [6.45, 7) is 7.71. The van der Waals surface area contributed by atoms with E-state index in [-0.39, 0.29) is 18.2 Å². The van der Waals surface area contributed by atoms with Crippen LogP contribution in [0.25, 0.3) is 0 Å². The Bertz CT molecular complexity index is 782. The molecule has 2 rings (SSSR count). The second kappa shape index (κ2) is 8.51. The molecule has 1 amide bonds. The van der Waals surface area contributed by atoms with Crippen LogP contribution in [0.3, 0.4) is 0 Å². The van der Waals surface area contributed by atoms with Crippen molar-refractivity contribution < 1.29 is 23.6 Å². The van der Waals surface area contributed by atoms with Crippen LogP contribution in [0.4, 0.5) is 0 Å². The molecule has 140 valence electrons. The molecule has 0 saturated carbocycles. The van der Waals surface area contributed by atoms with Crippen molar-refractivity contribution in [3.05, 3.63) is 46.8 Å². The van der Waals surface area contributed by atoms with E-state index in [2.05, 4.69) is 10.5 Å². The van der Waals surface area contributed by atoms with Gasteiger partial charge in [0.2, 0.25) is 0 Å². The largest absolute Gasteiger partial charge is 0.485 e. The third kappa shape index (κ3) is 4.84. The van der Waals surface area contributed by atoms with Crippen molar-refractivity contribution in [2.24, 2.45) is 5.92 Å². The number of aryl methyl sites for hydroxylation is 2. The Morgan fingerprint density at radius 1 is 1.23 bits per heavy atom. The first-order chi connectivity index (χ1) is 12.3. The first-order valence-corrected chi connectivity index (χ1v) is 8.36. The van der Waals surface area contributed by atoms with Crippen molar-refractivity contribution in [2.45, 2.75) is 40.3 Å². The van der Waals surface area contributed by atoms with Gasteiger partial charge in [-0.2, -0.15) is 0 Å². The maximum atomic E-state index is 12.3. The van der Waals surface area contributed by atoms with Gasteiger partial charge in [-0.15, -0.1) is 0 Å². The number of hydrogen-bond donors (Lipinski definition) is 1. The zero-order valence-electron chi connectivity index (χ0n) is 15.7. The van der Waals surface area contributed by atoms with Crippen LogP contribution in [-0.4, -0.2) is 30.2 Å². The van der Waals surface area contributed by atoms with Gasteiger partial charge < -0.3 is 19.3 Å². The normalized spacial score (nSPS) is 11.9. The van der Waals surface area contributed by atoms with E-state index in [9.17, 15) is 9.59 Å². The number of hydrogen-bond acceptors (Lipinski definition) is 6. The molecular weight excluding hydrogens is 336 g/mol. The topological polar surface area (TPSA) is 90.7 Å². The molecule has 0 unspecified atom stereocenters. The van der Waals surface area contributed by atoms with Crippen LogP contribution in [0.2, 0.25) is 0 Å². The summed E-state index contributed by atoms with van der Waals surface area (Å²) >= 11 is 0. The van der Waals surface area contributed by atoms with E-state index in [1.807, 2.05) is 45.9 Å². The Labute approximate surface area is 152 Å². The van der Waals surface area contributed by atoms with E-state index in [0.717, 1.165) is 16.9 Å². The Morgan fingerprint density at radius 2 is 1.96 bits per heavy atom. The van der Waals surface area contributed by atoms with Gasteiger partial charge in [-0.3, -0.25) is 4.79 Å². The minimum atomic E-state index is -0.751. The molecule has 2 aromatic rings. The lowest BCUT2D eigenvalue weighted by Crippen LogP contribution is -2.45. The first kappa shape index (κ1) is 19.5. The molecule has 0 fully saturated rings. The molecule has 1 aromatic carbocycles. The zero-order chi connectivity index (χ0) is 19.3. The highest BCUT2D eigenvalue weighted by molar-refractivity contribution is 5.95. The van der Waals surface area contributed by atoms with Gasteiger partial charge in [0.15, 0.2) is 11.5 Å². The number of nitrogens with one attached hydrogen (secondary N) is 1. The highest BCUT2D eigenvalue weighted by Crippen LogP contribution is 2.20. The summed E-state index contributed by atoms with van der Waals surface area (Å²) in [4.78, 5) is 24.0. The number of aromatic nitrogens is 1. The predicted molar refractivity (Wildman–Crippen MR) is 94.9 cm³/mol. The fourth-order valence-electron chi connectivity index (χ4n) is 2.34. The Kier molecular flexibility index (Phi) is 6.38. The summed E-state index contributed by atoms with van der Waals surface area (Å²) in [5.74, 6) is 0.0322. The summed E-state index contributed by atoms with van der Waals surface area (Å²) in [7, 11) is 1.28. The van der Waals surface area contributed by atoms with Crippen molar-refractivity contribution in [3.63, 3.8) is 0 Å². The third-order valence-corrected chi connectivity index (χ3v) is 3.91. The van der Waals surface area contributed by atoms with Gasteiger partial charge in [-0.05, 0) is 37.0 Å². The summed E-state index contributed by atoms with van der Waals surface area (Å²) in [5.41, 5.74) is 2.18. The van der Waals surface area contributed by atoms with Crippen molar-refractivity contribution in [1.82, 2.24) is 10.5 Å². The monoisotopic (exact) mass is 360 g/mol. The van der Waals surface area contributed by atoms with Crippen molar-refractivity contribution in [3.8, 4) is 5.75 Å². The van der Waals surface area contributed by atoms with Crippen LogP contribution in [0.5, 0.6) is 5.75 Å². The first-order valence-electron chi connectivity index (χ1n) is 8.36. The number of rotatable bonds is 7. The maximum Gasteiger partial charge on any atom is 0.328 e. The smallest absolute Gasteiger partial charge is 0.328 e. The molecule has 0 aliphatic rings. The Hall–Kier alpha value is -2.83. The number of carbonyl (C=O) groups excluding carboxylic acids is 2. The van der Waals surface area contributed by atoms with Gasteiger partial charge in [-0.1, -0.05) is 31.1 Å². The van der Waals surface area contributed by atoms with Crippen molar-refractivity contribution in [1.29, 1.82) is 0 Å². The van der Waals surface area contributed by atoms with Crippen molar-refractivity contribution >= 4 is 11.9 Å². The molecule has 1 atom stereocenters. The number of amides is 1. The van der Waals surface area contributed by atoms with E-state index in [1.54, 1.807) is 0 Å². The average Bonchev–Trinajstić information content (AvgIpc) is 3.08. The lowest BCUT2D eigenvalue weighted by atomic mass is 10.0. The molecule has 0 radical (unpaired) electrons. The SMILES string of the molecule is COC(=O)[C@@H](NC(=O)c1cc(COc2cc(C)ccc2C)on1)C(C)C. The van der Waals surface area contributed by atoms with Crippen LogP contribution in [-0.2, 0) is 16.1 Å². The van der Waals surface area contributed by atoms with Crippen LogP contribution in [0.1, 0.15) is 41.2 Å². The molecular formula is C19H24N2O5. The van der Waals surface area contributed by atoms with E-state index in [0.29, 0.717) is 5.76 Å². The molecule has 1 aromatic heterocycles. The molecule has 7 nitrogen and oxygen atoms in total. The zero-order valence-corrected chi connectivity index (χ0v) is 15.7. The number of esters is 1. The van der Waals surface area contributed by atoms with E-state index >= 15 is 0 Å². The molecule has 26 heavy (non-hydrogen) atoms. The summed E-state index contributed by atoms with van der Waals surface area (Å²) < 4.78 is 15.6. The summed E-state index contributed by atoms with van der Waals surface area (Å²) in [5, 5.41) is 6.36. The predicted octanol–water partition coefficient (Wildman–Crippen LogP) is 2.80. The summed E-state index contributed by atoms with van der Waals surface area (Å²) in [6.07, 6.45) is 0. The highest BCUT2D eigenvalue weighted by Gasteiger charge is 2.26. The fraction of sp³-hybridized carbons (Fsp3) is 0.421. The summed E-state index contributed by atoms with van der Waals surface area (Å²) in [6, 6.07) is 6.66. The molecule has 0 aliphatic heterocycles. The van der Waals surface area contributed by atoms with Gasteiger partial charge in [0.25, 0.3) is 5.91 Å². The third-order valence-electron chi connectivity index (χ3n) is 3.91. The number of ether oxygens (including phenoxy) is 2. The maximum absolute atomic E-state index is 12.3. The molecule has 0 bridgehead atoms. The Morgan fingerprint density at radius 3 is 2.62 bits per heavy atom. The van der Waals surface area contributed by atoms with Crippen LogP contribution < -0.4 is 10.1 Å². The van der Waals surface area contributed by atoms with Gasteiger partial charge in [0.05, 0.1) is 7.11 Å². The molecule has 0 saturated heterocycles. The second-order valence-corrected chi connectivity index (χ2v) is 6.45. The standard InChI is InChI=1S/C19H24N2O5/c1-11(2)17(19(23)24-5)20-18(22)15-9-14(26-21-15)10-25-16-8-12(3)6-7-13(16)4/h6-9,11,17H,10H2,1-5H3,(H,20,22)/t17-/m0/s1. The lowest BCUT2D eigenvalue weighted by molar-refractivity contribution is -0.144. The second-order valence-electron chi connectivity index (χ2n) is 6.45. The fourth-order valence-corrected chi connectivity index (χ4v) is 2.34. The molecule has 1 N–H and O–H groups in total. The number of nitrogens with zero attached hydrogens (tertiary/aromatic N) is 1. The van der Waals surface area contributed by atoms with Gasteiger partial charge in [0.1, 0.15) is 18.4 Å². The van der Waals surface area contributed by atoms with Gasteiger partial charge >= 0.3 is 5.97 Å². The van der Waals surface area contributed by atoms with Crippen molar-refractivity contribution in [2.75, 3.05) is 7.11 Å². The van der Waals surface area contributed by atoms with Crippen LogP contribution in [0, 0.1) is 19.8 Å². The highest BCUT2D eigenvalue weighted by atomic mass is 16.5. The van der Waals surface area contributed by atoms with Crippen LogP contribution >= 0.6 is 0 Å². The van der Waals surface area contributed by atoms with Gasteiger partial charge in [0, 0.05) is 6.07 Å². The number of methoxy groups -OCH3 is 1. The van der Waals surface area contributed by atoms with Gasteiger partial charge in [-0.25, -0.2) is 4.79 Å². The molecule has 1 heterocycles. The average molecular weight is 360 g/mol. The molecule has 0 spiro atoms.